The number of aryl methyl sites for hydroxylation is 1. The highest BCUT2D eigenvalue weighted by atomic mass is 16.5. The summed E-state index contributed by atoms with van der Waals surface area (Å²) in [4.78, 5) is 0. The van der Waals surface area contributed by atoms with E-state index in [0.717, 1.165) is 65.2 Å². The topological polar surface area (TPSA) is 27.7 Å². The van der Waals surface area contributed by atoms with E-state index in [9.17, 15) is 0 Å². The van der Waals surface area contributed by atoms with Crippen molar-refractivity contribution in [3.8, 4) is 28.4 Å². The van der Waals surface area contributed by atoms with Crippen LogP contribution in [0, 0.1) is 30.6 Å². The molecular weight excluding hydrogens is 588 g/mol. The first-order valence-corrected chi connectivity index (χ1v) is 18.6. The van der Waals surface area contributed by atoms with Crippen LogP contribution in [0.4, 0.5) is 0 Å². The first-order chi connectivity index (χ1) is 23.1. The quantitative estimate of drug-likeness (QED) is 0.107. The second kappa shape index (κ2) is 20.8. The molecule has 0 heterocycles. The monoisotopic (exact) mass is 652 g/mol. The maximum atomic E-state index is 6.41. The Morgan fingerprint density at radius 2 is 1.15 bits per heavy atom. The first kappa shape index (κ1) is 39.0. The summed E-state index contributed by atoms with van der Waals surface area (Å²) in [5, 5.41) is 0. The van der Waals surface area contributed by atoms with Gasteiger partial charge in [-0.3, -0.25) is 0 Å². The van der Waals surface area contributed by atoms with Gasteiger partial charge in [0, 0.05) is 11.1 Å². The molecule has 0 aliphatic rings. The van der Waals surface area contributed by atoms with Crippen LogP contribution in [0.15, 0.2) is 60.7 Å². The average Bonchev–Trinajstić information content (AvgIpc) is 3.05. The van der Waals surface area contributed by atoms with E-state index < -0.39 is 0 Å². The number of rotatable bonds is 21. The lowest BCUT2D eigenvalue weighted by atomic mass is 9.96. The summed E-state index contributed by atoms with van der Waals surface area (Å²) in [5.41, 5.74) is 6.80. The zero-order valence-corrected chi connectivity index (χ0v) is 31.6. The molecule has 0 radical (unpaired) electrons. The fourth-order valence-corrected chi connectivity index (χ4v) is 6.09. The van der Waals surface area contributed by atoms with Crippen LogP contribution in [0.25, 0.3) is 29.4 Å². The van der Waals surface area contributed by atoms with Crippen molar-refractivity contribution in [3.63, 3.8) is 0 Å². The molecule has 0 fully saturated rings. The van der Waals surface area contributed by atoms with E-state index in [1.807, 2.05) is 6.92 Å². The largest absolute Gasteiger partial charge is 0.496 e. The van der Waals surface area contributed by atoms with Gasteiger partial charge < -0.3 is 14.2 Å². The molecule has 2 unspecified atom stereocenters. The Labute approximate surface area is 293 Å². The predicted octanol–water partition coefficient (Wildman–Crippen LogP) is 13.3. The van der Waals surface area contributed by atoms with E-state index in [0.29, 0.717) is 18.4 Å². The Morgan fingerprint density at radius 3 is 1.73 bits per heavy atom. The minimum atomic E-state index is 0.653. The van der Waals surface area contributed by atoms with Gasteiger partial charge in [-0.2, -0.15) is 0 Å². The van der Waals surface area contributed by atoms with Crippen LogP contribution in [-0.4, -0.2) is 20.3 Å². The molecule has 48 heavy (non-hydrogen) atoms. The summed E-state index contributed by atoms with van der Waals surface area (Å²) in [6.45, 7) is 19.6. The number of methoxy groups -OCH3 is 1. The lowest BCUT2D eigenvalue weighted by Gasteiger charge is -2.16. The molecule has 0 aliphatic carbocycles. The van der Waals surface area contributed by atoms with Crippen LogP contribution < -0.4 is 14.2 Å². The Bertz CT molecular complexity index is 1410. The highest BCUT2D eigenvalue weighted by molar-refractivity contribution is 5.83. The number of hydrogen-bond donors (Lipinski definition) is 0. The molecule has 0 N–H and O–H groups in total. The maximum Gasteiger partial charge on any atom is 0.127 e. The van der Waals surface area contributed by atoms with Gasteiger partial charge in [0.25, 0.3) is 0 Å². The summed E-state index contributed by atoms with van der Waals surface area (Å²) in [6, 6.07) is 19.4. The molecular formula is C45H64O3. The van der Waals surface area contributed by atoms with E-state index in [2.05, 4.69) is 127 Å². The maximum absolute atomic E-state index is 6.41. The van der Waals surface area contributed by atoms with Crippen LogP contribution in [-0.2, 0) is 0 Å². The Balaban J connectivity index is 1.73. The van der Waals surface area contributed by atoms with Crippen molar-refractivity contribution < 1.29 is 14.2 Å². The highest BCUT2D eigenvalue weighted by Gasteiger charge is 2.12. The van der Waals surface area contributed by atoms with Crippen molar-refractivity contribution in [2.45, 2.75) is 107 Å². The third-order valence-electron chi connectivity index (χ3n) is 9.23. The van der Waals surface area contributed by atoms with Gasteiger partial charge in [-0.25, -0.2) is 0 Å². The smallest absolute Gasteiger partial charge is 0.127 e. The van der Waals surface area contributed by atoms with Gasteiger partial charge in [0.15, 0.2) is 0 Å². The van der Waals surface area contributed by atoms with E-state index in [4.69, 9.17) is 14.2 Å². The SMILES string of the molecule is CC=Cc1cc(OC)c(C=Cc2ccc(C)cc2-c2ccc(OCCC(C)CCCC(C)C)cc2)cc1OCCC(C)CCCC(C)C. The summed E-state index contributed by atoms with van der Waals surface area (Å²) >= 11 is 0. The van der Waals surface area contributed by atoms with Gasteiger partial charge in [-0.1, -0.05) is 140 Å². The van der Waals surface area contributed by atoms with Crippen molar-refractivity contribution in [2.75, 3.05) is 20.3 Å². The van der Waals surface area contributed by atoms with Crippen LogP contribution in [0.3, 0.4) is 0 Å². The summed E-state index contributed by atoms with van der Waals surface area (Å²) in [7, 11) is 1.74. The first-order valence-electron chi connectivity index (χ1n) is 18.6. The summed E-state index contributed by atoms with van der Waals surface area (Å²) in [5.74, 6) is 5.56. The number of hydrogen-bond acceptors (Lipinski definition) is 3. The standard InChI is InChI=1S/C45H64O3/c1-10-13-40-31-44(46-9)41(32-45(40)48-29-27-36(7)17-12-15-34(4)5)21-20-38-19-18-37(8)30-43(38)39-22-24-42(25-23-39)47-28-26-35(6)16-11-14-33(2)3/h10,13,18-25,30-36H,11-12,14-17,26-29H2,1-9H3. The van der Waals surface area contributed by atoms with Crippen molar-refractivity contribution >= 4 is 18.2 Å². The van der Waals surface area contributed by atoms with Crippen molar-refractivity contribution in [1.29, 1.82) is 0 Å². The van der Waals surface area contributed by atoms with E-state index in [-0.39, 0.29) is 0 Å². The molecule has 3 heteroatoms. The molecule has 0 saturated heterocycles. The fourth-order valence-electron chi connectivity index (χ4n) is 6.09. The zero-order chi connectivity index (χ0) is 34.9. The molecule has 0 saturated carbocycles. The lowest BCUT2D eigenvalue weighted by Crippen LogP contribution is -2.06. The van der Waals surface area contributed by atoms with Crippen LogP contribution >= 0.6 is 0 Å². The molecule has 3 rings (SSSR count). The fraction of sp³-hybridized carbons (Fsp3) is 0.511. The Hall–Kier alpha value is -3.46. The molecule has 3 aromatic rings. The zero-order valence-electron chi connectivity index (χ0n) is 31.6. The molecule has 0 amide bonds. The van der Waals surface area contributed by atoms with Gasteiger partial charge in [0.1, 0.15) is 17.2 Å². The normalized spacial score (nSPS) is 13.1. The molecule has 262 valence electrons. The third-order valence-corrected chi connectivity index (χ3v) is 9.23. The van der Waals surface area contributed by atoms with Gasteiger partial charge >= 0.3 is 0 Å². The van der Waals surface area contributed by atoms with Gasteiger partial charge in [0.2, 0.25) is 0 Å². The molecule has 0 aromatic heterocycles. The molecule has 0 spiro atoms. The van der Waals surface area contributed by atoms with Gasteiger partial charge in [-0.15, -0.1) is 0 Å². The molecule has 2 atom stereocenters. The van der Waals surface area contributed by atoms with E-state index in [1.165, 1.54) is 55.2 Å². The van der Waals surface area contributed by atoms with Crippen LogP contribution in [0.2, 0.25) is 0 Å². The number of ether oxygens (including phenoxy) is 3. The van der Waals surface area contributed by atoms with Crippen molar-refractivity contribution in [3.05, 3.63) is 82.9 Å². The molecule has 3 aromatic carbocycles. The molecule has 0 bridgehead atoms. The third kappa shape index (κ3) is 13.6. The summed E-state index contributed by atoms with van der Waals surface area (Å²) in [6.07, 6.45) is 18.4. The van der Waals surface area contributed by atoms with E-state index >= 15 is 0 Å². The van der Waals surface area contributed by atoms with Crippen LogP contribution in [0.1, 0.15) is 122 Å². The van der Waals surface area contributed by atoms with Crippen LogP contribution in [0.5, 0.6) is 17.2 Å². The van der Waals surface area contributed by atoms with Crippen molar-refractivity contribution in [2.24, 2.45) is 23.7 Å². The molecule has 3 nitrogen and oxygen atoms in total. The average molecular weight is 653 g/mol. The minimum absolute atomic E-state index is 0.653. The lowest BCUT2D eigenvalue weighted by molar-refractivity contribution is 0.275. The van der Waals surface area contributed by atoms with Crippen molar-refractivity contribution in [1.82, 2.24) is 0 Å². The van der Waals surface area contributed by atoms with E-state index in [1.54, 1.807) is 7.11 Å². The second-order valence-electron chi connectivity index (χ2n) is 14.7. The Kier molecular flexibility index (Phi) is 16.9. The molecule has 0 aliphatic heterocycles. The minimum Gasteiger partial charge on any atom is -0.496 e. The Morgan fingerprint density at radius 1 is 0.583 bits per heavy atom. The number of benzene rings is 3. The highest BCUT2D eigenvalue weighted by Crippen LogP contribution is 2.34. The van der Waals surface area contributed by atoms with Gasteiger partial charge in [0.05, 0.1) is 20.3 Å². The summed E-state index contributed by atoms with van der Waals surface area (Å²) < 4.78 is 18.4. The number of allylic oxidation sites excluding steroid dienone is 1. The van der Waals surface area contributed by atoms with Gasteiger partial charge in [-0.05, 0) is 91.3 Å². The second-order valence-corrected chi connectivity index (χ2v) is 14.7. The predicted molar refractivity (Wildman–Crippen MR) is 209 cm³/mol.